The number of hydrogen-bond donors (Lipinski definition) is 1. The molecular weight excluding hydrogens is 369 g/mol. The van der Waals surface area contributed by atoms with Gasteiger partial charge >= 0.3 is 0 Å². The molecule has 3 heteroatoms. The summed E-state index contributed by atoms with van der Waals surface area (Å²) >= 11 is 6.12. The number of anilines is 1. The maximum Gasteiger partial charge on any atom is 0.199 e. The molecule has 1 N–H and O–H groups in total. The summed E-state index contributed by atoms with van der Waals surface area (Å²) in [6, 6.07) is 40.1. The van der Waals surface area contributed by atoms with E-state index in [4.69, 9.17) is 11.6 Å². The van der Waals surface area contributed by atoms with E-state index in [-0.39, 0.29) is 0 Å². The van der Waals surface area contributed by atoms with Gasteiger partial charge in [0.05, 0.1) is 5.69 Å². The van der Waals surface area contributed by atoms with Crippen LogP contribution in [0.4, 0.5) is 5.69 Å². The highest BCUT2D eigenvalue weighted by Gasteiger charge is 2.46. The van der Waals surface area contributed by atoms with E-state index in [1.54, 1.807) is 0 Å². The topological polar surface area (TPSA) is 12.0 Å². The predicted molar refractivity (Wildman–Crippen MR) is 120 cm³/mol. The van der Waals surface area contributed by atoms with Gasteiger partial charge in [0.25, 0.3) is 0 Å². The number of hydrogen-bond acceptors (Lipinski definition) is 1. The minimum atomic E-state index is -2.08. The van der Waals surface area contributed by atoms with Crippen molar-refractivity contribution in [2.45, 2.75) is 0 Å². The lowest BCUT2D eigenvalue weighted by molar-refractivity contribution is 1.64. The Balaban J connectivity index is 1.98. The lowest BCUT2D eigenvalue weighted by Gasteiger charge is -2.28. The second kappa shape index (κ2) is 7.96. The Hall–Kier alpha value is -2.60. The molecule has 0 radical (unpaired) electrons. The van der Waals surface area contributed by atoms with E-state index < -0.39 is 7.41 Å². The number of rotatable bonds is 5. The van der Waals surface area contributed by atoms with Gasteiger partial charge in [-0.3, -0.25) is 0 Å². The molecular formula is C24H20ClNP+. The number of nitrogens with one attached hydrogen (secondary N) is 1. The second-order valence-corrected chi connectivity index (χ2v) is 9.85. The molecule has 0 aliphatic heterocycles. The first kappa shape index (κ1) is 17.8. The molecule has 0 atom stereocenters. The van der Waals surface area contributed by atoms with Crippen LogP contribution in [0.25, 0.3) is 0 Å². The summed E-state index contributed by atoms with van der Waals surface area (Å²) in [5.41, 5.74) is 1.06. The van der Waals surface area contributed by atoms with Crippen LogP contribution in [-0.2, 0) is 0 Å². The van der Waals surface area contributed by atoms with Crippen molar-refractivity contribution in [2.75, 3.05) is 5.09 Å². The molecule has 0 unspecified atom stereocenters. The molecule has 0 amide bonds. The Kier molecular flexibility index (Phi) is 5.25. The van der Waals surface area contributed by atoms with Gasteiger partial charge in [-0.15, -0.1) is 0 Å². The van der Waals surface area contributed by atoms with Gasteiger partial charge in [0.15, 0.2) is 7.41 Å². The van der Waals surface area contributed by atoms with Crippen molar-refractivity contribution in [1.29, 1.82) is 0 Å². The van der Waals surface area contributed by atoms with Gasteiger partial charge in [-0.2, -0.15) is 0 Å². The van der Waals surface area contributed by atoms with Gasteiger partial charge in [0.1, 0.15) is 15.9 Å². The molecule has 4 aromatic carbocycles. The Morgan fingerprint density at radius 2 is 0.852 bits per heavy atom. The molecule has 0 spiro atoms. The van der Waals surface area contributed by atoms with Crippen LogP contribution in [0.2, 0.25) is 5.02 Å². The summed E-state index contributed by atoms with van der Waals surface area (Å²) in [5.74, 6) is 0. The monoisotopic (exact) mass is 388 g/mol. The largest absolute Gasteiger partial charge is 0.247 e. The molecule has 0 fully saturated rings. The highest BCUT2D eigenvalue weighted by atomic mass is 35.5. The van der Waals surface area contributed by atoms with Crippen molar-refractivity contribution < 1.29 is 0 Å². The fourth-order valence-electron chi connectivity index (χ4n) is 3.31. The van der Waals surface area contributed by atoms with E-state index in [1.165, 1.54) is 15.9 Å². The molecule has 1 nitrogen and oxygen atoms in total. The third-order valence-electron chi connectivity index (χ3n) is 4.57. The van der Waals surface area contributed by atoms with Gasteiger partial charge in [0.2, 0.25) is 0 Å². The van der Waals surface area contributed by atoms with Crippen LogP contribution < -0.4 is 21.0 Å². The van der Waals surface area contributed by atoms with Crippen LogP contribution in [-0.4, -0.2) is 0 Å². The summed E-state index contributed by atoms with van der Waals surface area (Å²) in [4.78, 5) is 0. The summed E-state index contributed by atoms with van der Waals surface area (Å²) in [5, 5.41) is 8.53. The summed E-state index contributed by atoms with van der Waals surface area (Å²) in [6.07, 6.45) is 0. The van der Waals surface area contributed by atoms with Crippen molar-refractivity contribution >= 4 is 40.6 Å². The number of halogens is 1. The van der Waals surface area contributed by atoms with Gasteiger partial charge in [-0.1, -0.05) is 66.2 Å². The van der Waals surface area contributed by atoms with Crippen molar-refractivity contribution in [3.63, 3.8) is 0 Å². The first-order chi connectivity index (χ1) is 13.3. The van der Waals surface area contributed by atoms with E-state index in [0.29, 0.717) is 0 Å². The molecule has 0 aliphatic rings. The molecule has 4 aromatic rings. The molecule has 132 valence electrons. The van der Waals surface area contributed by atoms with Crippen molar-refractivity contribution in [3.05, 3.63) is 120 Å². The molecule has 4 rings (SSSR count). The van der Waals surface area contributed by atoms with Crippen molar-refractivity contribution in [2.24, 2.45) is 0 Å². The molecule has 0 heterocycles. The van der Waals surface area contributed by atoms with Gasteiger partial charge in [-0.05, 0) is 60.7 Å². The standard InChI is InChI=1S/C24H20ClNP/c25-20-16-18-21(19-17-20)26-27(22-10-4-1-5-11-22,23-12-6-2-7-13-23)24-14-8-3-9-15-24/h1-19,26H/q+1. The smallest absolute Gasteiger partial charge is 0.199 e. The first-order valence-corrected chi connectivity index (χ1v) is 11.1. The fourth-order valence-corrected chi connectivity index (χ4v) is 7.12. The normalized spacial score (nSPS) is 11.1. The molecule has 0 saturated carbocycles. The van der Waals surface area contributed by atoms with Gasteiger partial charge < -0.3 is 0 Å². The van der Waals surface area contributed by atoms with E-state index in [9.17, 15) is 0 Å². The Morgan fingerprint density at radius 1 is 0.481 bits per heavy atom. The SMILES string of the molecule is Clc1ccc(N[P+](c2ccccc2)(c2ccccc2)c2ccccc2)cc1. The third kappa shape index (κ3) is 3.62. The lowest BCUT2D eigenvalue weighted by Crippen LogP contribution is -2.36. The molecule has 0 bridgehead atoms. The van der Waals surface area contributed by atoms with Crippen LogP contribution in [0.3, 0.4) is 0 Å². The minimum Gasteiger partial charge on any atom is -0.247 e. The van der Waals surface area contributed by atoms with Crippen LogP contribution in [0.15, 0.2) is 115 Å². The zero-order chi connectivity index (χ0) is 18.5. The lowest BCUT2D eigenvalue weighted by atomic mass is 10.3. The minimum absolute atomic E-state index is 0.739. The van der Waals surface area contributed by atoms with Crippen LogP contribution >= 0.6 is 19.0 Å². The molecule has 0 aliphatic carbocycles. The Bertz CT molecular complexity index is 890. The number of benzene rings is 4. The molecule has 0 aromatic heterocycles. The van der Waals surface area contributed by atoms with Crippen LogP contribution in [0, 0.1) is 0 Å². The second-order valence-electron chi connectivity index (χ2n) is 6.30. The fraction of sp³-hybridized carbons (Fsp3) is 0. The summed E-state index contributed by atoms with van der Waals surface area (Å²) < 4.78 is 0. The average molecular weight is 389 g/mol. The zero-order valence-electron chi connectivity index (χ0n) is 14.8. The average Bonchev–Trinajstić information content (AvgIpc) is 2.75. The van der Waals surface area contributed by atoms with E-state index in [1.807, 2.05) is 24.3 Å². The first-order valence-electron chi connectivity index (χ1n) is 8.89. The van der Waals surface area contributed by atoms with Gasteiger partial charge in [0, 0.05) is 5.02 Å². The highest BCUT2D eigenvalue weighted by molar-refractivity contribution is 7.96. The predicted octanol–water partition coefficient (Wildman–Crippen LogP) is 5.66. The molecule has 0 saturated heterocycles. The quantitative estimate of drug-likeness (QED) is 0.435. The Labute approximate surface area is 166 Å². The van der Waals surface area contributed by atoms with Crippen molar-refractivity contribution in [3.8, 4) is 0 Å². The van der Waals surface area contributed by atoms with E-state index in [0.717, 1.165) is 10.7 Å². The third-order valence-corrected chi connectivity index (χ3v) is 8.64. The summed E-state index contributed by atoms with van der Waals surface area (Å²) in [6.45, 7) is 0. The zero-order valence-corrected chi connectivity index (χ0v) is 16.4. The van der Waals surface area contributed by atoms with Gasteiger partial charge in [-0.25, -0.2) is 5.09 Å². The maximum absolute atomic E-state index is 6.12. The maximum atomic E-state index is 6.12. The van der Waals surface area contributed by atoms with Crippen molar-refractivity contribution in [1.82, 2.24) is 0 Å². The Morgan fingerprint density at radius 3 is 1.22 bits per heavy atom. The summed E-state index contributed by atoms with van der Waals surface area (Å²) in [7, 11) is -2.08. The molecule has 27 heavy (non-hydrogen) atoms. The van der Waals surface area contributed by atoms with E-state index >= 15 is 0 Å². The van der Waals surface area contributed by atoms with Crippen LogP contribution in [0.5, 0.6) is 0 Å². The highest BCUT2D eigenvalue weighted by Crippen LogP contribution is 2.54. The van der Waals surface area contributed by atoms with E-state index in [2.05, 4.69) is 96.1 Å². The van der Waals surface area contributed by atoms with Crippen LogP contribution in [0.1, 0.15) is 0 Å².